The molecular formula is C3H4S2. The van der Waals surface area contributed by atoms with E-state index in [0.717, 1.165) is 0 Å². The van der Waals surface area contributed by atoms with Gasteiger partial charge < -0.3 is 0 Å². The molecule has 0 heterocycles. The van der Waals surface area contributed by atoms with Gasteiger partial charge in [-0.2, -0.15) is 0 Å². The average Bonchev–Trinajstić information content (AvgIpc) is 1.46. The van der Waals surface area contributed by atoms with Crippen LogP contribution in [0.15, 0.2) is 13.2 Å². The second-order valence-electron chi connectivity index (χ2n) is 0.0833. The maximum absolute atomic E-state index is 3.96. The summed E-state index contributed by atoms with van der Waals surface area (Å²) >= 11 is 7.92. The van der Waals surface area contributed by atoms with Gasteiger partial charge in [0.25, 0.3) is 0 Å². The standard InChI is InChI=1S/C2H4.CS2/c1-2;2-1-3/h1-2H2;. The quantitative estimate of drug-likeness (QED) is 0.339. The molecule has 2 heteroatoms. The molecule has 0 bridgehead atoms. The van der Waals surface area contributed by atoms with Gasteiger partial charge >= 0.3 is 0 Å². The SMILES string of the molecule is C=C.S=C=S. The molecule has 0 N–H and O–H groups in total. The van der Waals surface area contributed by atoms with Crippen molar-refractivity contribution >= 4 is 28.7 Å². The van der Waals surface area contributed by atoms with Crippen molar-refractivity contribution in [1.82, 2.24) is 0 Å². The van der Waals surface area contributed by atoms with Crippen LogP contribution in [0.1, 0.15) is 0 Å². The minimum atomic E-state index is 1.92. The van der Waals surface area contributed by atoms with Gasteiger partial charge in [-0.1, -0.05) is 0 Å². The molecule has 0 rings (SSSR count). The molecular weight excluding hydrogens is 100 g/mol. The second-order valence-corrected chi connectivity index (χ2v) is 0.750. The van der Waals surface area contributed by atoms with Gasteiger partial charge in [0.15, 0.2) is 0 Å². The van der Waals surface area contributed by atoms with Crippen molar-refractivity contribution < 1.29 is 0 Å². The van der Waals surface area contributed by atoms with Crippen molar-refractivity contribution in [2.24, 2.45) is 0 Å². The van der Waals surface area contributed by atoms with Crippen LogP contribution in [0.2, 0.25) is 0 Å². The molecule has 0 atom stereocenters. The van der Waals surface area contributed by atoms with E-state index < -0.39 is 0 Å². The predicted octanol–water partition coefficient (Wildman–Crippen LogP) is 1.82. The number of rotatable bonds is 0. The van der Waals surface area contributed by atoms with Crippen LogP contribution in [0.25, 0.3) is 0 Å². The van der Waals surface area contributed by atoms with E-state index in [4.69, 9.17) is 0 Å². The molecule has 0 aliphatic carbocycles. The molecule has 0 spiro atoms. The van der Waals surface area contributed by atoms with Crippen molar-refractivity contribution in [3.63, 3.8) is 0 Å². The Morgan fingerprint density at radius 1 is 1.20 bits per heavy atom. The first kappa shape index (κ1) is 8.88. The molecule has 5 heavy (non-hydrogen) atoms. The smallest absolute Gasteiger partial charge is 0.0297 e. The Kier molecular flexibility index (Phi) is 66.8. The highest BCUT2D eigenvalue weighted by molar-refractivity contribution is 7.93. The molecule has 28 valence electrons. The van der Waals surface area contributed by atoms with Crippen molar-refractivity contribution in [3.05, 3.63) is 13.2 Å². The summed E-state index contributed by atoms with van der Waals surface area (Å²) in [6.07, 6.45) is 0. The summed E-state index contributed by atoms with van der Waals surface area (Å²) in [5, 5.41) is 0. The zero-order chi connectivity index (χ0) is 4.71. The summed E-state index contributed by atoms with van der Waals surface area (Å²) in [6, 6.07) is 0. The van der Waals surface area contributed by atoms with Crippen LogP contribution in [0.4, 0.5) is 0 Å². The third-order valence-corrected chi connectivity index (χ3v) is 0. The fraction of sp³-hybridized carbons (Fsp3) is 0. The maximum atomic E-state index is 3.96. The van der Waals surface area contributed by atoms with Crippen LogP contribution in [0, 0.1) is 0 Å². The highest BCUT2D eigenvalue weighted by Gasteiger charge is 1.01. The molecule has 0 saturated heterocycles. The van der Waals surface area contributed by atoms with Gasteiger partial charge in [-0.15, -0.1) is 13.2 Å². The third-order valence-electron chi connectivity index (χ3n) is 0. The van der Waals surface area contributed by atoms with Crippen LogP contribution in [-0.2, 0) is 0 Å². The lowest BCUT2D eigenvalue weighted by molar-refractivity contribution is 2.81. The van der Waals surface area contributed by atoms with Crippen molar-refractivity contribution in [2.45, 2.75) is 0 Å². The highest BCUT2D eigenvalue weighted by atomic mass is 32.1. The third kappa shape index (κ3) is 9510. The highest BCUT2D eigenvalue weighted by Crippen LogP contribution is 1.29. The zero-order valence-electron chi connectivity index (χ0n) is 2.73. The van der Waals surface area contributed by atoms with Gasteiger partial charge in [0.2, 0.25) is 0 Å². The molecule has 0 amide bonds. The van der Waals surface area contributed by atoms with Gasteiger partial charge in [-0.25, -0.2) is 0 Å². The lowest BCUT2D eigenvalue weighted by Crippen LogP contribution is -0.917. The van der Waals surface area contributed by atoms with Crippen molar-refractivity contribution in [2.75, 3.05) is 0 Å². The van der Waals surface area contributed by atoms with Crippen molar-refractivity contribution in [3.8, 4) is 0 Å². The van der Waals surface area contributed by atoms with Crippen LogP contribution < -0.4 is 0 Å². The van der Waals surface area contributed by atoms with Gasteiger partial charge in [0, 0.05) is 4.31 Å². The van der Waals surface area contributed by atoms with Gasteiger partial charge in [-0.05, 0) is 24.4 Å². The van der Waals surface area contributed by atoms with E-state index in [2.05, 4.69) is 37.6 Å². The van der Waals surface area contributed by atoms with Crippen LogP contribution in [-0.4, -0.2) is 4.31 Å². The van der Waals surface area contributed by atoms with Gasteiger partial charge in [0.1, 0.15) is 0 Å². The lowest BCUT2D eigenvalue weighted by atomic mass is 11.3. The van der Waals surface area contributed by atoms with Crippen molar-refractivity contribution in [1.29, 1.82) is 0 Å². The monoisotopic (exact) mass is 104 g/mol. The minimum absolute atomic E-state index is 1.92. The van der Waals surface area contributed by atoms with Crippen LogP contribution in [0.5, 0.6) is 0 Å². The number of hydrogen-bond donors (Lipinski definition) is 0. The van der Waals surface area contributed by atoms with E-state index in [1.807, 2.05) is 4.31 Å². The Morgan fingerprint density at radius 3 is 1.20 bits per heavy atom. The summed E-state index contributed by atoms with van der Waals surface area (Å²) in [5.74, 6) is 0. The van der Waals surface area contributed by atoms with Gasteiger partial charge in [-0.3, -0.25) is 0 Å². The first-order valence-corrected chi connectivity index (χ1v) is 1.72. The molecule has 0 nitrogen and oxygen atoms in total. The van der Waals surface area contributed by atoms with Gasteiger partial charge in [0.05, 0.1) is 0 Å². The topological polar surface area (TPSA) is 0 Å². The largest absolute Gasteiger partial charge is 0.106 e. The average molecular weight is 104 g/mol. The molecule has 0 radical (unpaired) electrons. The molecule has 0 aromatic carbocycles. The minimum Gasteiger partial charge on any atom is -0.106 e. The fourth-order valence-corrected chi connectivity index (χ4v) is 0. The Labute approximate surface area is 42.5 Å². The summed E-state index contributed by atoms with van der Waals surface area (Å²) < 4.78 is 1.92. The van der Waals surface area contributed by atoms with Crippen LogP contribution >= 0.6 is 24.4 Å². The first-order chi connectivity index (χ1) is 2.41. The van der Waals surface area contributed by atoms with E-state index >= 15 is 0 Å². The Balaban J connectivity index is 0. The summed E-state index contributed by atoms with van der Waals surface area (Å²) in [4.78, 5) is 0. The summed E-state index contributed by atoms with van der Waals surface area (Å²) in [6.45, 7) is 6.00. The van der Waals surface area contributed by atoms with Crippen LogP contribution in [0.3, 0.4) is 0 Å². The second kappa shape index (κ2) is 37.6. The fourth-order valence-electron chi connectivity index (χ4n) is 0. The number of thiocarbonyl (C=S) groups is 2. The normalized spacial score (nSPS) is 2.40. The molecule has 0 aromatic heterocycles. The Morgan fingerprint density at radius 2 is 1.20 bits per heavy atom. The molecule has 0 unspecified atom stereocenters. The predicted molar refractivity (Wildman–Crippen MR) is 31.4 cm³/mol. The molecule has 0 aromatic rings. The molecule has 0 aliphatic heterocycles. The molecule has 0 fully saturated rings. The Hall–Kier alpha value is -0.0400. The molecule has 0 aliphatic rings. The zero-order valence-corrected chi connectivity index (χ0v) is 4.36. The summed E-state index contributed by atoms with van der Waals surface area (Å²) in [7, 11) is 0. The van der Waals surface area contributed by atoms with E-state index in [9.17, 15) is 0 Å². The van der Waals surface area contributed by atoms with E-state index in [-0.39, 0.29) is 0 Å². The summed E-state index contributed by atoms with van der Waals surface area (Å²) in [5.41, 5.74) is 0. The van der Waals surface area contributed by atoms with E-state index in [0.29, 0.717) is 0 Å². The van der Waals surface area contributed by atoms with E-state index in [1.165, 1.54) is 0 Å². The first-order valence-electron chi connectivity index (χ1n) is 0.908. The Bertz CT molecular complexity index is 34.2. The van der Waals surface area contributed by atoms with E-state index in [1.54, 1.807) is 0 Å². The maximum Gasteiger partial charge on any atom is 0.0297 e. The molecule has 0 saturated carbocycles. The number of hydrogen-bond acceptors (Lipinski definition) is 2. The lowest BCUT2D eigenvalue weighted by Gasteiger charge is -0.992.